The smallest absolute Gasteiger partial charge is 0.408 e. The summed E-state index contributed by atoms with van der Waals surface area (Å²) in [6.45, 7) is 13.1. The minimum absolute atomic E-state index is 0.00646. The molecule has 0 bridgehead atoms. The molecular weight excluding hydrogens is 662 g/mol. The summed E-state index contributed by atoms with van der Waals surface area (Å²) in [6, 6.07) is 7.37. The zero-order valence-corrected chi connectivity index (χ0v) is 30.5. The number of carbonyl (C=O) groups is 4. The summed E-state index contributed by atoms with van der Waals surface area (Å²) in [6.07, 6.45) is 4.49. The molecule has 4 amide bonds. The fraction of sp³-hybridized carbons (Fsp3) is 0.639. The van der Waals surface area contributed by atoms with Crippen LogP contribution in [0.2, 0.25) is 0 Å². The van der Waals surface area contributed by atoms with Crippen molar-refractivity contribution >= 4 is 39.5 Å². The third-order valence-corrected chi connectivity index (χ3v) is 11.8. The van der Waals surface area contributed by atoms with Crippen LogP contribution in [0.5, 0.6) is 0 Å². The molecule has 3 N–H and O–H groups in total. The standard InChI is InChI=1S/C36H51N5O8S/c1-7-24-20-36(24,33(44)40-50(46,47)27-17-18-27)38-31(42)28-19-26(49-39-29(22(2)3)23-13-9-8-10-14-23)21-41(28)32(43)30(35(4,5)6)37-34(45)48-25-15-11-12-16-25/h7-10,13-14,22,24-28,30H,1,11-12,15-21H2,2-6H3,(H,37,45)(H,38,42)(H,40,44)/b39-29+/t24-,26-,28+,30-,36+/m1/s1. The van der Waals surface area contributed by atoms with Gasteiger partial charge in [0.05, 0.1) is 17.5 Å². The third-order valence-electron chi connectivity index (χ3n) is 9.96. The van der Waals surface area contributed by atoms with Crippen LogP contribution in [0.3, 0.4) is 0 Å². The summed E-state index contributed by atoms with van der Waals surface area (Å²) in [4.78, 5) is 62.4. The predicted octanol–water partition coefficient (Wildman–Crippen LogP) is 3.79. The number of nitrogens with one attached hydrogen (secondary N) is 3. The summed E-state index contributed by atoms with van der Waals surface area (Å²) in [7, 11) is -3.88. The Morgan fingerprint density at radius 3 is 2.26 bits per heavy atom. The molecule has 1 heterocycles. The molecule has 5 atom stereocenters. The topological polar surface area (TPSA) is 173 Å². The predicted molar refractivity (Wildman–Crippen MR) is 187 cm³/mol. The van der Waals surface area contributed by atoms with Crippen molar-refractivity contribution in [1.29, 1.82) is 0 Å². The highest BCUT2D eigenvalue weighted by atomic mass is 32.2. The van der Waals surface area contributed by atoms with Crippen molar-refractivity contribution in [3.63, 3.8) is 0 Å². The molecule has 274 valence electrons. The molecule has 3 aliphatic carbocycles. The Hall–Kier alpha value is -3.94. The number of ether oxygens (including phenoxy) is 1. The molecule has 1 aliphatic heterocycles. The van der Waals surface area contributed by atoms with Crippen molar-refractivity contribution in [3.8, 4) is 0 Å². The van der Waals surface area contributed by atoms with Crippen LogP contribution in [-0.2, 0) is 34.0 Å². The number of hydrogen-bond donors (Lipinski definition) is 3. The van der Waals surface area contributed by atoms with Gasteiger partial charge in [0.1, 0.15) is 29.8 Å². The quantitative estimate of drug-likeness (QED) is 0.157. The first-order valence-electron chi connectivity index (χ1n) is 17.6. The summed E-state index contributed by atoms with van der Waals surface area (Å²) in [5.41, 5.74) is -0.735. The average Bonchev–Trinajstić information content (AvgIpc) is 3.93. The fourth-order valence-electron chi connectivity index (χ4n) is 6.74. The van der Waals surface area contributed by atoms with E-state index in [2.05, 4.69) is 27.1 Å². The van der Waals surface area contributed by atoms with Gasteiger partial charge in [0.15, 0.2) is 0 Å². The van der Waals surface area contributed by atoms with Crippen LogP contribution in [0.1, 0.15) is 91.5 Å². The molecule has 1 aromatic rings. The van der Waals surface area contributed by atoms with Gasteiger partial charge in [-0.15, -0.1) is 6.58 Å². The number of oxime groups is 1. The Labute approximate surface area is 295 Å². The van der Waals surface area contributed by atoms with Crippen LogP contribution >= 0.6 is 0 Å². The fourth-order valence-corrected chi connectivity index (χ4v) is 8.10. The molecule has 4 aliphatic rings. The van der Waals surface area contributed by atoms with Crippen LogP contribution in [0.15, 0.2) is 48.1 Å². The monoisotopic (exact) mass is 713 g/mol. The van der Waals surface area contributed by atoms with Gasteiger partial charge in [0.25, 0.3) is 5.91 Å². The first-order chi connectivity index (χ1) is 23.6. The Balaban J connectivity index is 1.40. The molecule has 0 spiro atoms. The Kier molecular flexibility index (Phi) is 11.0. The lowest BCUT2D eigenvalue weighted by molar-refractivity contribution is -0.143. The van der Waals surface area contributed by atoms with Crippen molar-refractivity contribution in [2.24, 2.45) is 22.4 Å². The number of amides is 4. The number of benzene rings is 1. The summed E-state index contributed by atoms with van der Waals surface area (Å²) >= 11 is 0. The lowest BCUT2D eigenvalue weighted by atomic mass is 9.85. The number of alkyl carbamates (subject to hydrolysis) is 1. The largest absolute Gasteiger partial charge is 0.446 e. The van der Waals surface area contributed by atoms with E-state index >= 15 is 0 Å². The van der Waals surface area contributed by atoms with Gasteiger partial charge in [-0.25, -0.2) is 13.2 Å². The zero-order chi connectivity index (χ0) is 36.4. The van der Waals surface area contributed by atoms with Gasteiger partial charge in [-0.05, 0) is 61.8 Å². The SMILES string of the molecule is C=C[C@@H]1C[C@@]1(NC(=O)[C@@H]1C[C@@H](O/N=C(/c2ccccc2)C(C)C)CN1C(=O)[C@@H](NC(=O)OC1CCCC1)C(C)(C)C)C(=O)NS(=O)(=O)C1CC1. The second kappa shape index (κ2) is 14.7. The molecule has 3 saturated carbocycles. The molecule has 1 saturated heterocycles. The van der Waals surface area contributed by atoms with Gasteiger partial charge in [0.2, 0.25) is 21.8 Å². The van der Waals surface area contributed by atoms with Gasteiger partial charge >= 0.3 is 6.09 Å². The molecule has 0 radical (unpaired) electrons. The van der Waals surface area contributed by atoms with E-state index in [1.165, 1.54) is 11.0 Å². The van der Waals surface area contributed by atoms with E-state index in [-0.39, 0.29) is 31.4 Å². The van der Waals surface area contributed by atoms with E-state index in [1.54, 1.807) is 0 Å². The van der Waals surface area contributed by atoms with Crippen molar-refractivity contribution in [3.05, 3.63) is 48.6 Å². The number of rotatable bonds is 13. The lowest BCUT2D eigenvalue weighted by Gasteiger charge is -2.35. The summed E-state index contributed by atoms with van der Waals surface area (Å²) in [5, 5.41) is 9.40. The zero-order valence-electron chi connectivity index (χ0n) is 29.6. The molecule has 4 fully saturated rings. The van der Waals surface area contributed by atoms with Gasteiger partial charge in [-0.1, -0.05) is 76.2 Å². The number of carbonyl (C=O) groups excluding carboxylic acids is 4. The molecule has 50 heavy (non-hydrogen) atoms. The maximum absolute atomic E-state index is 14.4. The minimum Gasteiger partial charge on any atom is -0.446 e. The Morgan fingerprint density at radius 1 is 1.04 bits per heavy atom. The number of sulfonamides is 1. The van der Waals surface area contributed by atoms with Crippen molar-refractivity contribution in [2.75, 3.05) is 6.54 Å². The van der Waals surface area contributed by atoms with Gasteiger partial charge in [0, 0.05) is 12.3 Å². The summed E-state index contributed by atoms with van der Waals surface area (Å²) in [5.74, 6) is -2.49. The lowest BCUT2D eigenvalue weighted by Crippen LogP contribution is -2.60. The highest BCUT2D eigenvalue weighted by Gasteiger charge is 2.62. The van der Waals surface area contributed by atoms with Gasteiger partial charge < -0.3 is 25.1 Å². The minimum atomic E-state index is -3.88. The molecule has 0 aromatic heterocycles. The molecule has 5 rings (SSSR count). The highest BCUT2D eigenvalue weighted by molar-refractivity contribution is 7.91. The van der Waals surface area contributed by atoms with Crippen LogP contribution in [0.25, 0.3) is 0 Å². The van der Waals surface area contributed by atoms with E-state index in [9.17, 15) is 27.6 Å². The van der Waals surface area contributed by atoms with Crippen LogP contribution in [0.4, 0.5) is 4.79 Å². The molecule has 13 nitrogen and oxygen atoms in total. The van der Waals surface area contributed by atoms with Crippen LogP contribution in [0, 0.1) is 17.3 Å². The van der Waals surface area contributed by atoms with E-state index < -0.39 is 74.1 Å². The normalized spacial score (nSPS) is 26.2. The highest BCUT2D eigenvalue weighted by Crippen LogP contribution is 2.45. The van der Waals surface area contributed by atoms with E-state index in [1.807, 2.05) is 65.0 Å². The molecule has 0 unspecified atom stereocenters. The van der Waals surface area contributed by atoms with Crippen molar-refractivity contribution in [2.45, 2.75) is 121 Å². The number of hydrogen-bond acceptors (Lipinski definition) is 9. The van der Waals surface area contributed by atoms with Crippen molar-refractivity contribution < 1.29 is 37.2 Å². The molecule has 1 aromatic carbocycles. The van der Waals surface area contributed by atoms with Crippen molar-refractivity contribution in [1.82, 2.24) is 20.3 Å². The Bertz CT molecular complexity index is 1600. The number of likely N-dealkylation sites (tertiary alicyclic amines) is 1. The average molecular weight is 714 g/mol. The first-order valence-corrected chi connectivity index (χ1v) is 19.2. The molecule has 14 heteroatoms. The van der Waals surface area contributed by atoms with Crippen LogP contribution in [-0.4, -0.2) is 84.5 Å². The summed E-state index contributed by atoms with van der Waals surface area (Å²) < 4.78 is 33.1. The maximum Gasteiger partial charge on any atom is 0.408 e. The molecular formula is C36H51N5O8S. The second-order valence-corrected chi connectivity index (χ2v) is 17.4. The second-order valence-electron chi connectivity index (χ2n) is 15.4. The van der Waals surface area contributed by atoms with Gasteiger partial charge in [-0.2, -0.15) is 0 Å². The van der Waals surface area contributed by atoms with Crippen LogP contribution < -0.4 is 15.4 Å². The van der Waals surface area contributed by atoms with E-state index in [0.29, 0.717) is 18.6 Å². The van der Waals surface area contributed by atoms with E-state index in [0.717, 1.165) is 31.2 Å². The van der Waals surface area contributed by atoms with Gasteiger partial charge in [-0.3, -0.25) is 19.1 Å². The Morgan fingerprint density at radius 2 is 1.70 bits per heavy atom. The van der Waals surface area contributed by atoms with E-state index in [4.69, 9.17) is 9.57 Å². The number of nitrogens with zero attached hydrogens (tertiary/aromatic N) is 2. The first kappa shape index (κ1) is 37.3. The third kappa shape index (κ3) is 8.50. The maximum atomic E-state index is 14.4.